The van der Waals surface area contributed by atoms with Gasteiger partial charge in [-0.2, -0.15) is 0 Å². The average molecular weight is 234 g/mol. The van der Waals surface area contributed by atoms with Crippen molar-refractivity contribution in [2.75, 3.05) is 17.2 Å². The zero-order chi connectivity index (χ0) is 12.6. The molecule has 1 aliphatic heterocycles. The van der Waals surface area contributed by atoms with E-state index in [0.29, 0.717) is 12.2 Å². The third kappa shape index (κ3) is 2.52. The Bertz CT molecular complexity index is 449. The molecule has 1 aliphatic rings. The van der Waals surface area contributed by atoms with Crippen LogP contribution >= 0.6 is 0 Å². The fourth-order valence-corrected chi connectivity index (χ4v) is 1.90. The van der Waals surface area contributed by atoms with Gasteiger partial charge in [-0.3, -0.25) is 4.90 Å². The van der Waals surface area contributed by atoms with E-state index in [9.17, 15) is 4.79 Å². The number of fused-ring (bicyclic) bond motifs is 1. The molecule has 92 valence electrons. The van der Waals surface area contributed by atoms with Crippen LogP contribution in [0.2, 0.25) is 0 Å². The number of carbonyl (C=O) groups excluding carboxylic acids is 1. The van der Waals surface area contributed by atoms with Crippen LogP contribution in [0.25, 0.3) is 0 Å². The van der Waals surface area contributed by atoms with E-state index in [1.807, 2.05) is 39.0 Å². The summed E-state index contributed by atoms with van der Waals surface area (Å²) in [7, 11) is 0. The summed E-state index contributed by atoms with van der Waals surface area (Å²) in [6.07, 6.45) is 0.552. The molecule has 2 N–H and O–H groups in total. The molecule has 0 aliphatic carbocycles. The number of anilines is 2. The number of ether oxygens (including phenoxy) is 1. The van der Waals surface area contributed by atoms with Crippen LogP contribution in [-0.4, -0.2) is 18.2 Å². The summed E-state index contributed by atoms with van der Waals surface area (Å²) >= 11 is 0. The first kappa shape index (κ1) is 11.8. The molecular weight excluding hydrogens is 216 g/mol. The van der Waals surface area contributed by atoms with E-state index in [2.05, 4.69) is 0 Å². The van der Waals surface area contributed by atoms with Gasteiger partial charge in [0.05, 0.1) is 5.69 Å². The number of hydrogen-bond acceptors (Lipinski definition) is 3. The largest absolute Gasteiger partial charge is 0.443 e. The molecule has 2 rings (SSSR count). The van der Waals surface area contributed by atoms with Crippen LogP contribution in [-0.2, 0) is 11.2 Å². The van der Waals surface area contributed by atoms with Gasteiger partial charge >= 0.3 is 6.09 Å². The van der Waals surface area contributed by atoms with Crippen molar-refractivity contribution in [2.24, 2.45) is 0 Å². The Labute approximate surface area is 101 Å². The van der Waals surface area contributed by atoms with E-state index < -0.39 is 5.60 Å². The summed E-state index contributed by atoms with van der Waals surface area (Å²) in [5, 5.41) is 0. The standard InChI is InChI=1S/C13H18N2O2/c1-13(2,3)17-12(16)15-7-6-9-4-5-10(14)8-11(9)15/h4-5,8H,6-7,14H2,1-3H3. The summed E-state index contributed by atoms with van der Waals surface area (Å²) in [6.45, 7) is 6.25. The lowest BCUT2D eigenvalue weighted by Gasteiger charge is -2.24. The predicted molar refractivity (Wildman–Crippen MR) is 68.1 cm³/mol. The number of nitrogens with zero attached hydrogens (tertiary/aromatic N) is 1. The highest BCUT2D eigenvalue weighted by Crippen LogP contribution is 2.31. The minimum atomic E-state index is -0.472. The topological polar surface area (TPSA) is 55.6 Å². The van der Waals surface area contributed by atoms with Gasteiger partial charge in [0.15, 0.2) is 0 Å². The smallest absolute Gasteiger partial charge is 0.414 e. The number of hydrogen-bond donors (Lipinski definition) is 1. The van der Waals surface area contributed by atoms with Crippen molar-refractivity contribution in [2.45, 2.75) is 32.8 Å². The summed E-state index contributed by atoms with van der Waals surface area (Å²) in [5.41, 5.74) is 7.95. The Balaban J connectivity index is 2.22. The molecule has 4 nitrogen and oxygen atoms in total. The lowest BCUT2D eigenvalue weighted by molar-refractivity contribution is 0.0584. The lowest BCUT2D eigenvalue weighted by Crippen LogP contribution is -2.35. The van der Waals surface area contributed by atoms with Gasteiger partial charge in [0, 0.05) is 12.2 Å². The molecule has 0 fully saturated rings. The highest BCUT2D eigenvalue weighted by Gasteiger charge is 2.28. The first-order valence-corrected chi connectivity index (χ1v) is 5.76. The van der Waals surface area contributed by atoms with Gasteiger partial charge in [-0.05, 0) is 44.9 Å². The second-order valence-electron chi connectivity index (χ2n) is 5.27. The monoisotopic (exact) mass is 234 g/mol. The molecule has 1 aromatic carbocycles. The summed E-state index contributed by atoms with van der Waals surface area (Å²) < 4.78 is 5.36. The van der Waals surface area contributed by atoms with Gasteiger partial charge in [-0.1, -0.05) is 6.07 Å². The molecule has 0 saturated carbocycles. The van der Waals surface area contributed by atoms with E-state index in [0.717, 1.165) is 17.7 Å². The van der Waals surface area contributed by atoms with E-state index in [1.165, 1.54) is 0 Å². The summed E-state index contributed by atoms with van der Waals surface area (Å²) in [5.74, 6) is 0. The molecule has 0 saturated heterocycles. The fraction of sp³-hybridized carbons (Fsp3) is 0.462. The zero-order valence-corrected chi connectivity index (χ0v) is 10.5. The first-order valence-electron chi connectivity index (χ1n) is 5.76. The second kappa shape index (κ2) is 3.95. The van der Waals surface area contributed by atoms with Crippen LogP contribution in [0.3, 0.4) is 0 Å². The molecular formula is C13H18N2O2. The van der Waals surface area contributed by atoms with E-state index >= 15 is 0 Å². The molecule has 17 heavy (non-hydrogen) atoms. The third-order valence-corrected chi connectivity index (χ3v) is 2.62. The minimum absolute atomic E-state index is 0.304. The van der Waals surface area contributed by atoms with Gasteiger partial charge in [0.25, 0.3) is 0 Å². The van der Waals surface area contributed by atoms with E-state index in [4.69, 9.17) is 10.5 Å². The van der Waals surface area contributed by atoms with Crippen molar-refractivity contribution in [3.8, 4) is 0 Å². The molecule has 0 radical (unpaired) electrons. The Morgan fingerprint density at radius 2 is 2.12 bits per heavy atom. The Hall–Kier alpha value is -1.71. The average Bonchev–Trinajstić information content (AvgIpc) is 2.57. The number of carbonyl (C=O) groups is 1. The van der Waals surface area contributed by atoms with Crippen molar-refractivity contribution in [3.63, 3.8) is 0 Å². The van der Waals surface area contributed by atoms with Crippen molar-refractivity contribution in [1.29, 1.82) is 0 Å². The molecule has 1 amide bonds. The van der Waals surface area contributed by atoms with Crippen molar-refractivity contribution < 1.29 is 9.53 Å². The SMILES string of the molecule is CC(C)(C)OC(=O)N1CCc2ccc(N)cc21. The number of benzene rings is 1. The number of amides is 1. The fourth-order valence-electron chi connectivity index (χ4n) is 1.90. The van der Waals surface area contributed by atoms with Crippen LogP contribution < -0.4 is 10.6 Å². The lowest BCUT2D eigenvalue weighted by atomic mass is 10.1. The molecule has 0 spiro atoms. The highest BCUT2D eigenvalue weighted by atomic mass is 16.6. The van der Waals surface area contributed by atoms with E-state index in [-0.39, 0.29) is 6.09 Å². The number of rotatable bonds is 0. The molecule has 1 heterocycles. The van der Waals surface area contributed by atoms with Gasteiger partial charge in [-0.25, -0.2) is 4.79 Å². The Morgan fingerprint density at radius 1 is 1.41 bits per heavy atom. The molecule has 0 bridgehead atoms. The molecule has 4 heteroatoms. The van der Waals surface area contributed by atoms with E-state index in [1.54, 1.807) is 4.90 Å². The molecule has 0 aromatic heterocycles. The Morgan fingerprint density at radius 3 is 2.76 bits per heavy atom. The van der Waals surface area contributed by atoms with Crippen LogP contribution in [0.15, 0.2) is 18.2 Å². The zero-order valence-electron chi connectivity index (χ0n) is 10.5. The second-order valence-corrected chi connectivity index (χ2v) is 5.27. The van der Waals surface area contributed by atoms with Crippen LogP contribution in [0.5, 0.6) is 0 Å². The van der Waals surface area contributed by atoms with Crippen LogP contribution in [0.1, 0.15) is 26.3 Å². The third-order valence-electron chi connectivity index (χ3n) is 2.62. The molecule has 1 aromatic rings. The van der Waals surface area contributed by atoms with Gasteiger partial charge in [-0.15, -0.1) is 0 Å². The van der Waals surface area contributed by atoms with Crippen LogP contribution in [0.4, 0.5) is 16.2 Å². The maximum atomic E-state index is 12.0. The Kier molecular flexibility index (Phi) is 2.73. The van der Waals surface area contributed by atoms with Crippen molar-refractivity contribution >= 4 is 17.5 Å². The summed E-state index contributed by atoms with van der Waals surface area (Å²) in [4.78, 5) is 13.6. The molecule has 0 unspecified atom stereocenters. The van der Waals surface area contributed by atoms with Crippen molar-refractivity contribution in [1.82, 2.24) is 0 Å². The van der Waals surface area contributed by atoms with Crippen LogP contribution in [0, 0.1) is 0 Å². The number of nitrogens with two attached hydrogens (primary N) is 1. The van der Waals surface area contributed by atoms with Crippen molar-refractivity contribution in [3.05, 3.63) is 23.8 Å². The van der Waals surface area contributed by atoms with Gasteiger partial charge in [0.2, 0.25) is 0 Å². The minimum Gasteiger partial charge on any atom is -0.443 e. The number of nitrogen functional groups attached to an aromatic ring is 1. The summed E-state index contributed by atoms with van der Waals surface area (Å²) in [6, 6.07) is 5.65. The first-order chi connectivity index (χ1) is 7.87. The van der Waals surface area contributed by atoms with Gasteiger partial charge < -0.3 is 10.5 Å². The molecule has 0 atom stereocenters. The maximum Gasteiger partial charge on any atom is 0.414 e. The predicted octanol–water partition coefficient (Wildman–Crippen LogP) is 2.57. The van der Waals surface area contributed by atoms with Gasteiger partial charge in [0.1, 0.15) is 5.60 Å². The highest BCUT2D eigenvalue weighted by molar-refractivity contribution is 5.91. The quantitative estimate of drug-likeness (QED) is 0.702. The normalized spacial score (nSPS) is 14.6. The maximum absolute atomic E-state index is 12.0.